The van der Waals surface area contributed by atoms with E-state index in [1.807, 2.05) is 49.1 Å². The molecule has 2 fully saturated rings. The van der Waals surface area contributed by atoms with Gasteiger partial charge in [0.05, 0.1) is 19.8 Å². The highest BCUT2D eigenvalue weighted by molar-refractivity contribution is 6.32. The van der Waals surface area contributed by atoms with Gasteiger partial charge in [0.1, 0.15) is 18.0 Å². The average molecular weight is 575 g/mol. The van der Waals surface area contributed by atoms with Crippen molar-refractivity contribution in [2.45, 2.75) is 70.6 Å². The summed E-state index contributed by atoms with van der Waals surface area (Å²) in [5, 5.41) is 22.7. The van der Waals surface area contributed by atoms with Gasteiger partial charge in [-0.1, -0.05) is 24.1 Å². The van der Waals surface area contributed by atoms with Gasteiger partial charge in [0.15, 0.2) is 11.5 Å². The quantitative estimate of drug-likeness (QED) is 0.381. The Morgan fingerprint density at radius 1 is 1.05 bits per heavy atom. The van der Waals surface area contributed by atoms with E-state index in [1.54, 1.807) is 7.11 Å². The van der Waals surface area contributed by atoms with Gasteiger partial charge in [0, 0.05) is 44.2 Å². The number of nitrogens with zero attached hydrogens (tertiary/aromatic N) is 2. The first-order valence-electron chi connectivity index (χ1n) is 14.3. The zero-order chi connectivity index (χ0) is 28.7. The topological polar surface area (TPSA) is 91.7 Å². The van der Waals surface area contributed by atoms with Crippen molar-refractivity contribution in [2.75, 3.05) is 46.5 Å². The van der Waals surface area contributed by atoms with Crippen LogP contribution in [-0.2, 0) is 11.3 Å². The van der Waals surface area contributed by atoms with Crippen molar-refractivity contribution in [3.8, 4) is 17.2 Å². The average Bonchev–Trinajstić information content (AvgIpc) is 3.14. The van der Waals surface area contributed by atoms with Crippen LogP contribution in [0.4, 0.5) is 0 Å². The van der Waals surface area contributed by atoms with E-state index in [0.717, 1.165) is 48.9 Å². The molecular weight excluding hydrogens is 532 g/mol. The second-order valence-electron chi connectivity index (χ2n) is 11.2. The van der Waals surface area contributed by atoms with E-state index in [2.05, 4.69) is 4.90 Å². The molecule has 2 aliphatic heterocycles. The van der Waals surface area contributed by atoms with E-state index in [1.165, 1.54) is 0 Å². The van der Waals surface area contributed by atoms with Crippen molar-refractivity contribution in [3.63, 3.8) is 0 Å². The Morgan fingerprint density at radius 2 is 1.82 bits per heavy atom. The van der Waals surface area contributed by atoms with Gasteiger partial charge in [-0.25, -0.2) is 0 Å². The molecule has 40 heavy (non-hydrogen) atoms. The van der Waals surface area contributed by atoms with E-state index in [4.69, 9.17) is 25.8 Å². The molecule has 0 unspecified atom stereocenters. The van der Waals surface area contributed by atoms with Gasteiger partial charge in [-0.3, -0.25) is 9.69 Å². The Kier molecular flexibility index (Phi) is 10.6. The molecule has 2 N–H and O–H groups in total. The lowest BCUT2D eigenvalue weighted by Crippen LogP contribution is -2.59. The van der Waals surface area contributed by atoms with Crippen LogP contribution in [0.15, 0.2) is 30.3 Å². The second-order valence-corrected chi connectivity index (χ2v) is 11.5. The normalized spacial score (nSPS) is 22.2. The number of piperidine rings is 1. The molecule has 220 valence electrons. The lowest BCUT2D eigenvalue weighted by molar-refractivity contribution is -0.140. The number of carbonyl (C=O) groups is 1. The molecule has 2 aromatic rings. The Morgan fingerprint density at radius 3 is 2.58 bits per heavy atom. The largest absolute Gasteiger partial charge is 0.493 e. The standard InChI is InChI=1S/C31H43ClN2O6/c1-22-16-25(17-23(2)30(22)32)40-21-31(37)20-33(14-11-28(31)35)19-24-9-10-26(27(18-24)38-3)39-15-7-13-34-12-6-4-5-8-29(34)36/h9-10,16-18,28,35,37H,4-8,11-15,19-21H2,1-3H3/t28-,31-/m0/s1. The predicted octanol–water partition coefficient (Wildman–Crippen LogP) is 4.51. The molecular formula is C31H43ClN2O6. The van der Waals surface area contributed by atoms with Crippen molar-refractivity contribution < 1.29 is 29.2 Å². The highest BCUT2D eigenvalue weighted by Crippen LogP contribution is 2.31. The molecule has 0 radical (unpaired) electrons. The molecule has 0 spiro atoms. The molecule has 0 aliphatic carbocycles. The summed E-state index contributed by atoms with van der Waals surface area (Å²) < 4.78 is 17.5. The van der Waals surface area contributed by atoms with Gasteiger partial charge >= 0.3 is 0 Å². The molecule has 8 nitrogen and oxygen atoms in total. The molecule has 0 bridgehead atoms. The van der Waals surface area contributed by atoms with Crippen molar-refractivity contribution in [3.05, 3.63) is 52.0 Å². The first-order chi connectivity index (χ1) is 19.2. The summed E-state index contributed by atoms with van der Waals surface area (Å²) in [5.41, 5.74) is 1.43. The number of aliphatic hydroxyl groups is 2. The summed E-state index contributed by atoms with van der Waals surface area (Å²) in [6, 6.07) is 9.54. The maximum Gasteiger partial charge on any atom is 0.222 e. The van der Waals surface area contributed by atoms with Crippen LogP contribution in [0.1, 0.15) is 55.2 Å². The lowest BCUT2D eigenvalue weighted by Gasteiger charge is -2.42. The summed E-state index contributed by atoms with van der Waals surface area (Å²) in [6.45, 7) is 7.37. The SMILES string of the molecule is COc1cc(CN2CC[C@H](O)[C@@](O)(COc3cc(C)c(Cl)c(C)c3)C2)ccc1OCCCN1CCCCCC1=O. The first kappa shape index (κ1) is 30.4. The van der Waals surface area contributed by atoms with Crippen LogP contribution < -0.4 is 14.2 Å². The number of hydrogen-bond acceptors (Lipinski definition) is 7. The van der Waals surface area contributed by atoms with Crippen LogP contribution in [0.5, 0.6) is 17.2 Å². The fourth-order valence-corrected chi connectivity index (χ4v) is 5.63. The summed E-state index contributed by atoms with van der Waals surface area (Å²) in [5.74, 6) is 2.18. The van der Waals surface area contributed by atoms with E-state index >= 15 is 0 Å². The van der Waals surface area contributed by atoms with Crippen LogP contribution in [-0.4, -0.2) is 84.1 Å². The number of amides is 1. The minimum Gasteiger partial charge on any atom is -0.493 e. The number of aryl methyl sites for hydroxylation is 2. The monoisotopic (exact) mass is 574 g/mol. The highest BCUT2D eigenvalue weighted by atomic mass is 35.5. The number of halogens is 1. The Labute approximate surface area is 242 Å². The van der Waals surface area contributed by atoms with Crippen LogP contribution in [0.25, 0.3) is 0 Å². The first-order valence-corrected chi connectivity index (χ1v) is 14.7. The summed E-state index contributed by atoms with van der Waals surface area (Å²) >= 11 is 6.27. The maximum absolute atomic E-state index is 12.2. The number of β-amino-alcohol motifs (C(OH)–C–C–N with tert-alkyl or cyclic N) is 1. The minimum atomic E-state index is -1.40. The van der Waals surface area contributed by atoms with Crippen LogP contribution >= 0.6 is 11.6 Å². The van der Waals surface area contributed by atoms with Gasteiger partial charge in [0.2, 0.25) is 5.91 Å². The van der Waals surface area contributed by atoms with Gasteiger partial charge in [-0.05, 0) is 80.5 Å². The lowest BCUT2D eigenvalue weighted by atomic mass is 9.90. The van der Waals surface area contributed by atoms with Crippen LogP contribution in [0.2, 0.25) is 5.02 Å². The molecule has 2 atom stereocenters. The molecule has 0 aromatic heterocycles. The molecule has 1 amide bonds. The van der Waals surface area contributed by atoms with E-state index in [0.29, 0.717) is 61.4 Å². The van der Waals surface area contributed by atoms with E-state index in [9.17, 15) is 15.0 Å². The number of rotatable bonds is 11. The number of ether oxygens (including phenoxy) is 3. The van der Waals surface area contributed by atoms with Gasteiger partial charge in [-0.15, -0.1) is 0 Å². The molecule has 2 saturated heterocycles. The third kappa shape index (κ3) is 7.81. The predicted molar refractivity (Wildman–Crippen MR) is 155 cm³/mol. The number of likely N-dealkylation sites (tertiary alicyclic amines) is 2. The van der Waals surface area contributed by atoms with Gasteiger partial charge in [-0.2, -0.15) is 0 Å². The Hall–Kier alpha value is -2.52. The Bertz CT molecular complexity index is 1140. The molecule has 4 rings (SSSR count). The number of hydrogen-bond donors (Lipinski definition) is 2. The third-order valence-electron chi connectivity index (χ3n) is 7.87. The number of aliphatic hydroxyl groups excluding tert-OH is 1. The summed E-state index contributed by atoms with van der Waals surface area (Å²) in [4.78, 5) is 16.3. The fourth-order valence-electron chi connectivity index (χ4n) is 5.52. The maximum atomic E-state index is 12.2. The molecule has 9 heteroatoms. The summed E-state index contributed by atoms with van der Waals surface area (Å²) in [7, 11) is 1.62. The molecule has 2 aliphatic rings. The highest BCUT2D eigenvalue weighted by Gasteiger charge is 2.42. The number of carbonyl (C=O) groups excluding carboxylic acids is 1. The molecule has 2 heterocycles. The third-order valence-corrected chi connectivity index (χ3v) is 8.47. The van der Waals surface area contributed by atoms with Crippen molar-refractivity contribution in [2.24, 2.45) is 0 Å². The minimum absolute atomic E-state index is 0.0235. The van der Waals surface area contributed by atoms with Gasteiger partial charge < -0.3 is 29.3 Å². The molecule has 0 saturated carbocycles. The zero-order valence-electron chi connectivity index (χ0n) is 24.0. The smallest absolute Gasteiger partial charge is 0.222 e. The van der Waals surface area contributed by atoms with Gasteiger partial charge in [0.25, 0.3) is 0 Å². The van der Waals surface area contributed by atoms with E-state index in [-0.39, 0.29) is 19.1 Å². The number of methoxy groups -OCH3 is 1. The molecule has 2 aromatic carbocycles. The number of benzene rings is 2. The Balaban J connectivity index is 1.31. The van der Waals surface area contributed by atoms with Crippen molar-refractivity contribution in [1.82, 2.24) is 9.80 Å². The zero-order valence-corrected chi connectivity index (χ0v) is 24.7. The summed E-state index contributed by atoms with van der Waals surface area (Å²) in [6.07, 6.45) is 4.16. The van der Waals surface area contributed by atoms with Crippen LogP contribution in [0.3, 0.4) is 0 Å². The fraction of sp³-hybridized carbons (Fsp3) is 0.581. The van der Waals surface area contributed by atoms with Crippen molar-refractivity contribution in [1.29, 1.82) is 0 Å². The second kappa shape index (κ2) is 13.9. The van der Waals surface area contributed by atoms with Crippen molar-refractivity contribution >= 4 is 17.5 Å². The van der Waals surface area contributed by atoms with E-state index < -0.39 is 11.7 Å². The van der Waals surface area contributed by atoms with Crippen LogP contribution in [0, 0.1) is 13.8 Å².